The average molecular weight is 302 g/mol. The Hall–Kier alpha value is -2.21. The van der Waals surface area contributed by atoms with Crippen LogP contribution in [0.15, 0.2) is 29.1 Å². The van der Waals surface area contributed by atoms with E-state index in [0.29, 0.717) is 42.5 Å². The molecule has 4 N–H and O–H groups in total. The van der Waals surface area contributed by atoms with Crippen molar-refractivity contribution in [3.8, 4) is 0 Å². The SMILES string of the molecule is CC(C)(N)CNC(=O)CCCc1nc2ccccc2c(=O)[nH]1. The molecule has 1 heterocycles. The second-order valence-corrected chi connectivity index (χ2v) is 6.15. The van der Waals surface area contributed by atoms with Crippen LogP contribution < -0.4 is 16.6 Å². The molecule has 0 aliphatic rings. The number of rotatable bonds is 6. The molecule has 2 aromatic rings. The second-order valence-electron chi connectivity index (χ2n) is 6.15. The van der Waals surface area contributed by atoms with Crippen LogP contribution in [0.3, 0.4) is 0 Å². The molecule has 0 bridgehead atoms. The van der Waals surface area contributed by atoms with Gasteiger partial charge in [-0.25, -0.2) is 4.98 Å². The molecule has 0 saturated heterocycles. The number of carbonyl (C=O) groups is 1. The molecule has 22 heavy (non-hydrogen) atoms. The van der Waals surface area contributed by atoms with Crippen molar-refractivity contribution in [1.82, 2.24) is 15.3 Å². The second kappa shape index (κ2) is 6.70. The smallest absolute Gasteiger partial charge is 0.258 e. The molecule has 0 fully saturated rings. The predicted octanol–water partition coefficient (Wildman–Crippen LogP) is 1.10. The van der Waals surface area contributed by atoms with Gasteiger partial charge >= 0.3 is 0 Å². The number of amides is 1. The van der Waals surface area contributed by atoms with E-state index in [2.05, 4.69) is 15.3 Å². The Morgan fingerprint density at radius 1 is 1.36 bits per heavy atom. The topological polar surface area (TPSA) is 101 Å². The minimum absolute atomic E-state index is 0.0401. The number of para-hydroxylation sites is 1. The summed E-state index contributed by atoms with van der Waals surface area (Å²) in [6.07, 6.45) is 1.56. The lowest BCUT2D eigenvalue weighted by Gasteiger charge is -2.18. The van der Waals surface area contributed by atoms with E-state index in [1.54, 1.807) is 6.07 Å². The molecule has 1 aromatic heterocycles. The number of nitrogens with zero attached hydrogens (tertiary/aromatic N) is 1. The lowest BCUT2D eigenvalue weighted by atomic mass is 10.1. The highest BCUT2D eigenvalue weighted by Crippen LogP contribution is 2.07. The molecule has 6 nitrogen and oxygen atoms in total. The van der Waals surface area contributed by atoms with Crippen molar-refractivity contribution in [2.45, 2.75) is 38.6 Å². The molecule has 118 valence electrons. The number of aromatic nitrogens is 2. The molecule has 0 aliphatic heterocycles. The summed E-state index contributed by atoms with van der Waals surface area (Å²) in [6, 6.07) is 7.21. The van der Waals surface area contributed by atoms with E-state index in [9.17, 15) is 9.59 Å². The Balaban J connectivity index is 1.90. The molecule has 0 radical (unpaired) electrons. The third kappa shape index (κ3) is 4.66. The Morgan fingerprint density at radius 2 is 2.09 bits per heavy atom. The number of fused-ring (bicyclic) bond motifs is 1. The molecular formula is C16H22N4O2. The van der Waals surface area contributed by atoms with Crippen LogP contribution in [0.5, 0.6) is 0 Å². The van der Waals surface area contributed by atoms with Crippen molar-refractivity contribution in [3.63, 3.8) is 0 Å². The summed E-state index contributed by atoms with van der Waals surface area (Å²) in [6.45, 7) is 4.16. The van der Waals surface area contributed by atoms with Gasteiger partial charge in [0.1, 0.15) is 5.82 Å². The van der Waals surface area contributed by atoms with Crippen LogP contribution in [-0.4, -0.2) is 28.0 Å². The van der Waals surface area contributed by atoms with Crippen LogP contribution in [0.2, 0.25) is 0 Å². The molecule has 6 heteroatoms. The van der Waals surface area contributed by atoms with Gasteiger partial charge in [-0.1, -0.05) is 12.1 Å². The van der Waals surface area contributed by atoms with E-state index >= 15 is 0 Å². The number of nitrogens with one attached hydrogen (secondary N) is 2. The molecular weight excluding hydrogens is 280 g/mol. The molecule has 1 aromatic carbocycles. The molecule has 1 amide bonds. The standard InChI is InChI=1S/C16H22N4O2/c1-16(2,17)10-18-14(21)9-5-8-13-19-12-7-4-3-6-11(12)15(22)20-13/h3-4,6-7H,5,8-10,17H2,1-2H3,(H,18,21)(H,19,20,22). The highest BCUT2D eigenvalue weighted by atomic mass is 16.1. The average Bonchev–Trinajstić information content (AvgIpc) is 2.44. The fourth-order valence-electron chi connectivity index (χ4n) is 2.08. The van der Waals surface area contributed by atoms with Crippen molar-refractivity contribution in [3.05, 3.63) is 40.4 Å². The summed E-state index contributed by atoms with van der Waals surface area (Å²) in [4.78, 5) is 30.8. The lowest BCUT2D eigenvalue weighted by molar-refractivity contribution is -0.121. The van der Waals surface area contributed by atoms with Crippen molar-refractivity contribution >= 4 is 16.8 Å². The van der Waals surface area contributed by atoms with Gasteiger partial charge in [0.25, 0.3) is 5.56 Å². The minimum atomic E-state index is -0.416. The fraction of sp³-hybridized carbons (Fsp3) is 0.438. The molecule has 2 rings (SSSR count). The van der Waals surface area contributed by atoms with Crippen molar-refractivity contribution in [2.75, 3.05) is 6.54 Å². The highest BCUT2D eigenvalue weighted by Gasteiger charge is 2.12. The lowest BCUT2D eigenvalue weighted by Crippen LogP contribution is -2.45. The zero-order valence-corrected chi connectivity index (χ0v) is 13.0. The van der Waals surface area contributed by atoms with Gasteiger partial charge < -0.3 is 16.0 Å². The summed E-state index contributed by atoms with van der Waals surface area (Å²) < 4.78 is 0. The van der Waals surface area contributed by atoms with Gasteiger partial charge in [-0.2, -0.15) is 0 Å². The van der Waals surface area contributed by atoms with Crippen molar-refractivity contribution < 1.29 is 4.79 Å². The number of benzene rings is 1. The number of nitrogens with two attached hydrogens (primary N) is 1. The number of aromatic amines is 1. The summed E-state index contributed by atoms with van der Waals surface area (Å²) in [5, 5.41) is 3.37. The predicted molar refractivity (Wildman–Crippen MR) is 86.6 cm³/mol. The van der Waals surface area contributed by atoms with Crippen molar-refractivity contribution in [1.29, 1.82) is 0 Å². The normalized spacial score (nSPS) is 11.6. The van der Waals surface area contributed by atoms with E-state index in [1.807, 2.05) is 32.0 Å². The number of hydrogen-bond donors (Lipinski definition) is 3. The maximum Gasteiger partial charge on any atom is 0.258 e. The Bertz CT molecular complexity index is 716. The first-order valence-electron chi connectivity index (χ1n) is 7.39. The quantitative estimate of drug-likeness (QED) is 0.743. The molecule has 0 aliphatic carbocycles. The van der Waals surface area contributed by atoms with Crippen LogP contribution >= 0.6 is 0 Å². The maximum absolute atomic E-state index is 11.9. The van der Waals surface area contributed by atoms with E-state index in [0.717, 1.165) is 0 Å². The molecule has 0 atom stereocenters. The largest absolute Gasteiger partial charge is 0.354 e. The van der Waals surface area contributed by atoms with Gasteiger partial charge in [0.05, 0.1) is 10.9 Å². The summed E-state index contributed by atoms with van der Waals surface area (Å²) in [5.74, 6) is 0.567. The first kappa shape index (κ1) is 16.2. The Kier molecular flexibility index (Phi) is 4.92. The van der Waals surface area contributed by atoms with E-state index in [1.165, 1.54) is 0 Å². The van der Waals surface area contributed by atoms with Crippen LogP contribution in [0.1, 0.15) is 32.5 Å². The van der Waals surface area contributed by atoms with Crippen molar-refractivity contribution in [2.24, 2.45) is 5.73 Å². The van der Waals surface area contributed by atoms with Crippen LogP contribution in [0, 0.1) is 0 Å². The maximum atomic E-state index is 11.9. The number of hydrogen-bond acceptors (Lipinski definition) is 4. The Morgan fingerprint density at radius 3 is 2.82 bits per heavy atom. The summed E-state index contributed by atoms with van der Waals surface area (Å²) in [7, 11) is 0. The first-order chi connectivity index (χ1) is 10.3. The zero-order valence-electron chi connectivity index (χ0n) is 13.0. The van der Waals surface area contributed by atoms with Crippen LogP contribution in [0.4, 0.5) is 0 Å². The van der Waals surface area contributed by atoms with E-state index in [-0.39, 0.29) is 11.5 Å². The first-order valence-corrected chi connectivity index (χ1v) is 7.39. The van der Waals surface area contributed by atoms with Crippen LogP contribution in [-0.2, 0) is 11.2 Å². The zero-order chi connectivity index (χ0) is 16.2. The monoisotopic (exact) mass is 302 g/mol. The van der Waals surface area contributed by atoms with Crippen LogP contribution in [0.25, 0.3) is 10.9 Å². The van der Waals surface area contributed by atoms with Gasteiger partial charge in [0, 0.05) is 24.9 Å². The highest BCUT2D eigenvalue weighted by molar-refractivity contribution is 5.77. The van der Waals surface area contributed by atoms with Gasteiger partial charge in [-0.05, 0) is 32.4 Å². The third-order valence-corrected chi connectivity index (χ3v) is 3.22. The van der Waals surface area contributed by atoms with E-state index < -0.39 is 5.54 Å². The van der Waals surface area contributed by atoms with Gasteiger partial charge in [-0.3, -0.25) is 9.59 Å². The molecule has 0 saturated carbocycles. The summed E-state index contributed by atoms with van der Waals surface area (Å²) in [5.41, 5.74) is 5.93. The fourth-order valence-corrected chi connectivity index (χ4v) is 2.08. The number of carbonyl (C=O) groups excluding carboxylic acids is 1. The third-order valence-electron chi connectivity index (χ3n) is 3.22. The molecule has 0 unspecified atom stereocenters. The van der Waals surface area contributed by atoms with Gasteiger partial charge in [0.15, 0.2) is 0 Å². The summed E-state index contributed by atoms with van der Waals surface area (Å²) >= 11 is 0. The van der Waals surface area contributed by atoms with Gasteiger partial charge in [0.2, 0.25) is 5.91 Å². The van der Waals surface area contributed by atoms with E-state index in [4.69, 9.17) is 5.73 Å². The van der Waals surface area contributed by atoms with Gasteiger partial charge in [-0.15, -0.1) is 0 Å². The number of H-pyrrole nitrogens is 1. The minimum Gasteiger partial charge on any atom is -0.354 e. The molecule has 0 spiro atoms. The number of aryl methyl sites for hydroxylation is 1. The Labute approximate surface area is 129 Å².